The summed E-state index contributed by atoms with van der Waals surface area (Å²) >= 11 is 0. The Hall–Kier alpha value is -2.04. The average molecular weight is 328 g/mol. The Morgan fingerprint density at radius 2 is 2.00 bits per heavy atom. The second kappa shape index (κ2) is 6.83. The topological polar surface area (TPSA) is 58.9 Å². The molecule has 24 heavy (non-hydrogen) atoms. The molecule has 2 aromatic carbocycles. The zero-order chi connectivity index (χ0) is 17.3. The number of rotatable bonds is 5. The lowest BCUT2D eigenvalue weighted by Gasteiger charge is -2.18. The first-order valence-electron chi connectivity index (χ1n) is 8.36. The van der Waals surface area contributed by atoms with Crippen molar-refractivity contribution in [2.45, 2.75) is 45.4 Å². The van der Waals surface area contributed by atoms with Gasteiger partial charge in [-0.15, -0.1) is 0 Å². The molecule has 0 radical (unpaired) electrons. The first-order chi connectivity index (χ1) is 11.5. The van der Waals surface area contributed by atoms with Crippen LogP contribution >= 0.6 is 0 Å². The van der Waals surface area contributed by atoms with Crippen LogP contribution in [0.25, 0.3) is 0 Å². The third kappa shape index (κ3) is 3.12. The zero-order valence-electron chi connectivity index (χ0n) is 14.4. The Morgan fingerprint density at radius 3 is 2.71 bits per heavy atom. The van der Waals surface area contributed by atoms with Gasteiger partial charge in [0.2, 0.25) is 6.79 Å². The van der Waals surface area contributed by atoms with Crippen LogP contribution in [0.4, 0.5) is 0 Å². The van der Waals surface area contributed by atoms with E-state index in [4.69, 9.17) is 9.99 Å². The molecule has 1 atom stereocenters. The molecule has 0 saturated heterocycles. The van der Waals surface area contributed by atoms with Crippen LogP contribution in [0.5, 0.6) is 11.5 Å². The van der Waals surface area contributed by atoms with E-state index < -0.39 is 0 Å². The summed E-state index contributed by atoms with van der Waals surface area (Å²) in [7, 11) is 0. The molecule has 128 valence electrons. The summed E-state index contributed by atoms with van der Waals surface area (Å²) < 4.78 is 5.36. The van der Waals surface area contributed by atoms with Crippen molar-refractivity contribution in [1.29, 1.82) is 0 Å². The maximum absolute atomic E-state index is 10.1. The van der Waals surface area contributed by atoms with E-state index in [1.807, 2.05) is 24.3 Å². The molecule has 0 bridgehead atoms. The van der Waals surface area contributed by atoms with Gasteiger partial charge in [0.1, 0.15) is 11.5 Å². The normalized spacial score (nSPS) is 16.5. The predicted octanol–water partition coefficient (Wildman–Crippen LogP) is 4.73. The van der Waals surface area contributed by atoms with Gasteiger partial charge in [0.25, 0.3) is 0 Å². The summed E-state index contributed by atoms with van der Waals surface area (Å²) in [4.78, 5) is 4.00. The van der Waals surface area contributed by atoms with Crippen molar-refractivity contribution in [2.75, 3.05) is 6.79 Å². The van der Waals surface area contributed by atoms with Gasteiger partial charge in [-0.2, -0.15) is 4.89 Å². The molecule has 2 aromatic rings. The minimum atomic E-state index is -0.169. The molecule has 4 heteroatoms. The number of ether oxygens (including phenoxy) is 1. The van der Waals surface area contributed by atoms with E-state index in [-0.39, 0.29) is 6.79 Å². The summed E-state index contributed by atoms with van der Waals surface area (Å²) in [5.41, 5.74) is 6.08. The van der Waals surface area contributed by atoms with Crippen molar-refractivity contribution in [3.63, 3.8) is 0 Å². The third-order valence-electron chi connectivity index (χ3n) is 4.85. The molecule has 0 amide bonds. The van der Waals surface area contributed by atoms with Gasteiger partial charge in [0.15, 0.2) is 0 Å². The molecule has 1 unspecified atom stereocenters. The summed E-state index contributed by atoms with van der Waals surface area (Å²) in [6.07, 6.45) is 2.05. The van der Waals surface area contributed by atoms with Crippen molar-refractivity contribution in [3.8, 4) is 11.5 Å². The van der Waals surface area contributed by atoms with Crippen molar-refractivity contribution in [1.82, 2.24) is 0 Å². The highest BCUT2D eigenvalue weighted by Crippen LogP contribution is 2.43. The molecule has 0 saturated carbocycles. The zero-order valence-corrected chi connectivity index (χ0v) is 14.4. The van der Waals surface area contributed by atoms with Crippen LogP contribution in [0, 0.1) is 6.92 Å². The first kappa shape index (κ1) is 16.8. The van der Waals surface area contributed by atoms with Crippen LogP contribution in [-0.4, -0.2) is 17.2 Å². The van der Waals surface area contributed by atoms with Gasteiger partial charge in [-0.05, 0) is 71.7 Å². The smallest absolute Gasteiger partial charge is 0.220 e. The molecule has 1 aliphatic carbocycles. The highest BCUT2D eigenvalue weighted by Gasteiger charge is 2.27. The Morgan fingerprint density at radius 1 is 1.21 bits per heavy atom. The number of phenolic OH excluding ortho intramolecular Hbond substituents is 1. The van der Waals surface area contributed by atoms with Gasteiger partial charge >= 0.3 is 0 Å². The van der Waals surface area contributed by atoms with Crippen LogP contribution in [0.1, 0.15) is 59.9 Å². The van der Waals surface area contributed by atoms with Gasteiger partial charge in [-0.1, -0.05) is 26.0 Å². The van der Waals surface area contributed by atoms with Crippen molar-refractivity contribution in [3.05, 3.63) is 58.1 Å². The lowest BCUT2D eigenvalue weighted by molar-refractivity contribution is -0.278. The van der Waals surface area contributed by atoms with Crippen LogP contribution in [0.2, 0.25) is 0 Å². The van der Waals surface area contributed by atoms with E-state index in [2.05, 4.69) is 31.7 Å². The van der Waals surface area contributed by atoms with E-state index in [9.17, 15) is 5.11 Å². The summed E-state index contributed by atoms with van der Waals surface area (Å²) in [5, 5.41) is 18.5. The number of benzene rings is 2. The lowest BCUT2D eigenvalue weighted by atomic mass is 9.87. The maximum atomic E-state index is 10.1. The van der Waals surface area contributed by atoms with Crippen LogP contribution < -0.4 is 4.74 Å². The number of hydrogen-bond acceptors (Lipinski definition) is 4. The van der Waals surface area contributed by atoms with Crippen molar-refractivity contribution in [2.24, 2.45) is 0 Å². The molecule has 4 nitrogen and oxygen atoms in total. The van der Waals surface area contributed by atoms with Gasteiger partial charge < -0.3 is 9.84 Å². The van der Waals surface area contributed by atoms with E-state index in [1.165, 1.54) is 22.3 Å². The van der Waals surface area contributed by atoms with Crippen LogP contribution in [-0.2, 0) is 11.3 Å². The first-order valence-corrected chi connectivity index (χ1v) is 8.36. The van der Waals surface area contributed by atoms with Gasteiger partial charge in [0.05, 0.1) is 0 Å². The van der Waals surface area contributed by atoms with E-state index in [0.717, 1.165) is 24.2 Å². The Balaban J connectivity index is 1.96. The number of aryl methyl sites for hydroxylation is 2. The molecule has 2 N–H and O–H groups in total. The van der Waals surface area contributed by atoms with Crippen molar-refractivity contribution >= 4 is 0 Å². The Labute approximate surface area is 142 Å². The van der Waals surface area contributed by atoms with Crippen molar-refractivity contribution < 1.29 is 20.0 Å². The largest absolute Gasteiger partial charge is 0.508 e. The van der Waals surface area contributed by atoms with Gasteiger partial charge in [-0.3, -0.25) is 0 Å². The molecular formula is C20H24O4. The number of hydrogen-bond donors (Lipinski definition) is 2. The molecule has 0 fully saturated rings. The lowest BCUT2D eigenvalue weighted by Crippen LogP contribution is -2.03. The maximum Gasteiger partial charge on any atom is 0.220 e. The number of phenols is 1. The molecule has 0 heterocycles. The fourth-order valence-electron chi connectivity index (χ4n) is 3.75. The van der Waals surface area contributed by atoms with E-state index >= 15 is 0 Å². The molecule has 0 aliphatic heterocycles. The fourth-order valence-corrected chi connectivity index (χ4v) is 3.75. The third-order valence-corrected chi connectivity index (χ3v) is 4.85. The highest BCUT2D eigenvalue weighted by molar-refractivity contribution is 5.52. The van der Waals surface area contributed by atoms with Gasteiger partial charge in [-0.25, -0.2) is 5.26 Å². The van der Waals surface area contributed by atoms with Crippen LogP contribution in [0.15, 0.2) is 30.3 Å². The number of fused-ring (bicyclic) bond motifs is 1. The summed E-state index contributed by atoms with van der Waals surface area (Å²) in [5.74, 6) is 1.73. The second-order valence-corrected chi connectivity index (χ2v) is 6.77. The Bertz CT molecular complexity index is 737. The molecule has 3 rings (SSSR count). The molecule has 0 spiro atoms. The summed E-state index contributed by atoms with van der Waals surface area (Å²) in [6, 6.07) is 10.0. The monoisotopic (exact) mass is 328 g/mol. The fraction of sp³-hybridized carbons (Fsp3) is 0.400. The van der Waals surface area contributed by atoms with E-state index in [0.29, 0.717) is 17.6 Å². The van der Waals surface area contributed by atoms with Gasteiger partial charge in [0, 0.05) is 5.92 Å². The summed E-state index contributed by atoms with van der Waals surface area (Å²) in [6.45, 7) is 6.12. The quantitative estimate of drug-likeness (QED) is 0.473. The standard InChI is InChI=1S/C20H24O4/c1-12(2)18-10-14(5-7-19(18)21)17-6-4-15-9-16(23-11-24-22)8-13(3)20(15)17/h5,7-10,12,17,21-22H,4,6,11H2,1-3H3. The highest BCUT2D eigenvalue weighted by atomic mass is 17.1. The molecular weight excluding hydrogens is 304 g/mol. The van der Waals surface area contributed by atoms with E-state index in [1.54, 1.807) is 0 Å². The average Bonchev–Trinajstić information content (AvgIpc) is 2.97. The molecule has 0 aromatic heterocycles. The predicted molar refractivity (Wildman–Crippen MR) is 92.7 cm³/mol. The second-order valence-electron chi connectivity index (χ2n) is 6.77. The molecule has 1 aliphatic rings. The van der Waals surface area contributed by atoms with Crippen LogP contribution in [0.3, 0.4) is 0 Å². The minimum absolute atomic E-state index is 0.169. The number of aromatic hydroxyl groups is 1. The minimum Gasteiger partial charge on any atom is -0.508 e. The Kier molecular flexibility index (Phi) is 4.78. The SMILES string of the molecule is Cc1cc(OCOO)cc2c1C(c1ccc(O)c(C(C)C)c1)CC2.